The van der Waals surface area contributed by atoms with Crippen LogP contribution in [0.25, 0.3) is 16.7 Å². The van der Waals surface area contributed by atoms with E-state index < -0.39 is 0 Å². The molecule has 6 rings (SSSR count). The molecule has 2 aliphatic heterocycles. The summed E-state index contributed by atoms with van der Waals surface area (Å²) >= 11 is 7.19. The average Bonchev–Trinajstić information content (AvgIpc) is 3.27. The fraction of sp³-hybridized carbons (Fsp3) is 0.250. The lowest BCUT2D eigenvalue weighted by Gasteiger charge is -2.33. The molecule has 2 heterocycles. The fourth-order valence-corrected chi connectivity index (χ4v) is 7.03. The van der Waals surface area contributed by atoms with E-state index in [4.69, 9.17) is 4.74 Å². The maximum Gasteiger partial charge on any atom is 0.410 e. The second kappa shape index (κ2) is 8.44. The lowest BCUT2D eigenvalue weighted by molar-refractivity contribution is 0.0866. The number of ether oxygens (including phenoxy) is 1. The molecule has 3 aromatic rings. The van der Waals surface area contributed by atoms with E-state index in [1.54, 1.807) is 0 Å². The van der Waals surface area contributed by atoms with E-state index in [2.05, 4.69) is 98.6 Å². The van der Waals surface area contributed by atoms with Gasteiger partial charge in [-0.25, -0.2) is 4.79 Å². The lowest BCUT2D eigenvalue weighted by atomic mass is 9.95. The molecular weight excluding hydrogens is 542 g/mol. The van der Waals surface area contributed by atoms with Crippen molar-refractivity contribution < 1.29 is 9.53 Å². The maximum atomic E-state index is 13.3. The molecule has 5 heteroatoms. The van der Waals surface area contributed by atoms with Gasteiger partial charge in [0.05, 0.1) is 6.04 Å². The molecule has 3 aliphatic rings. The van der Waals surface area contributed by atoms with Gasteiger partial charge in [-0.1, -0.05) is 86.5 Å². The van der Waals surface area contributed by atoms with E-state index in [0.717, 1.165) is 28.2 Å². The molecule has 3 nitrogen and oxygen atoms in total. The topological polar surface area (TPSA) is 29.5 Å². The number of hydrogen-bond acceptors (Lipinski definition) is 2. The molecule has 0 N–H and O–H groups in total. The SMILES string of the molecule is O=C(OCC1c2ccccc2-c2ccccc21)N1C2C=C(c3cc(Br)cc(Br)c3)CC1CC2. The summed E-state index contributed by atoms with van der Waals surface area (Å²) < 4.78 is 8.09. The molecule has 0 aromatic heterocycles. The van der Waals surface area contributed by atoms with Gasteiger partial charge in [0.25, 0.3) is 0 Å². The molecule has 0 spiro atoms. The van der Waals surface area contributed by atoms with Crippen LogP contribution in [0.1, 0.15) is 41.9 Å². The van der Waals surface area contributed by atoms with Crippen molar-refractivity contribution in [2.45, 2.75) is 37.3 Å². The van der Waals surface area contributed by atoms with Crippen LogP contribution in [0.2, 0.25) is 0 Å². The molecule has 1 saturated heterocycles. The molecule has 0 radical (unpaired) electrons. The highest BCUT2D eigenvalue weighted by molar-refractivity contribution is 9.11. The Hall–Kier alpha value is -2.37. The normalized spacial score (nSPS) is 20.9. The van der Waals surface area contributed by atoms with E-state index in [-0.39, 0.29) is 24.1 Å². The monoisotopic (exact) mass is 563 g/mol. The Morgan fingerprint density at radius 2 is 1.55 bits per heavy atom. The van der Waals surface area contributed by atoms with Crippen LogP contribution in [0.3, 0.4) is 0 Å². The van der Waals surface area contributed by atoms with Crippen LogP contribution >= 0.6 is 31.9 Å². The van der Waals surface area contributed by atoms with Gasteiger partial charge in [0.15, 0.2) is 0 Å². The van der Waals surface area contributed by atoms with Gasteiger partial charge in [0, 0.05) is 20.9 Å². The number of carbonyl (C=O) groups excluding carboxylic acids is 1. The molecule has 2 bridgehead atoms. The van der Waals surface area contributed by atoms with Crippen LogP contribution in [0.5, 0.6) is 0 Å². The summed E-state index contributed by atoms with van der Waals surface area (Å²) in [5, 5.41) is 0. The lowest BCUT2D eigenvalue weighted by Crippen LogP contribution is -2.43. The molecule has 0 saturated carbocycles. The number of nitrogens with zero attached hydrogens (tertiary/aromatic N) is 1. The highest BCUT2D eigenvalue weighted by Crippen LogP contribution is 2.45. The summed E-state index contributed by atoms with van der Waals surface area (Å²) in [6, 6.07) is 23.6. The first-order valence-electron chi connectivity index (χ1n) is 11.4. The van der Waals surface area contributed by atoms with E-state index in [1.165, 1.54) is 33.4 Å². The first-order chi connectivity index (χ1) is 16.1. The highest BCUT2D eigenvalue weighted by atomic mass is 79.9. The van der Waals surface area contributed by atoms with E-state index in [0.29, 0.717) is 6.61 Å². The molecule has 1 aliphatic carbocycles. The van der Waals surface area contributed by atoms with Crippen molar-refractivity contribution in [2.24, 2.45) is 0 Å². The van der Waals surface area contributed by atoms with Crippen molar-refractivity contribution in [3.05, 3.63) is 98.4 Å². The summed E-state index contributed by atoms with van der Waals surface area (Å²) in [5.74, 6) is 0.0916. The first kappa shape index (κ1) is 21.2. The zero-order valence-electron chi connectivity index (χ0n) is 18.0. The number of rotatable bonds is 3. The van der Waals surface area contributed by atoms with E-state index in [9.17, 15) is 4.79 Å². The van der Waals surface area contributed by atoms with Crippen LogP contribution in [-0.2, 0) is 4.74 Å². The van der Waals surface area contributed by atoms with Crippen LogP contribution in [0.4, 0.5) is 4.79 Å². The Bertz CT molecular complexity index is 1220. The minimum Gasteiger partial charge on any atom is -0.448 e. The van der Waals surface area contributed by atoms with Crippen molar-refractivity contribution >= 4 is 43.5 Å². The minimum atomic E-state index is -0.185. The molecule has 2 unspecified atom stereocenters. The predicted octanol–water partition coefficient (Wildman–Crippen LogP) is 7.78. The van der Waals surface area contributed by atoms with E-state index >= 15 is 0 Å². The third-order valence-electron chi connectivity index (χ3n) is 7.18. The van der Waals surface area contributed by atoms with Gasteiger partial charge in [-0.05, 0) is 70.9 Å². The zero-order valence-corrected chi connectivity index (χ0v) is 21.2. The van der Waals surface area contributed by atoms with Gasteiger partial charge in [0.1, 0.15) is 6.61 Å². The third kappa shape index (κ3) is 3.75. The van der Waals surface area contributed by atoms with Crippen LogP contribution < -0.4 is 0 Å². The number of fused-ring (bicyclic) bond motifs is 5. The summed E-state index contributed by atoms with van der Waals surface area (Å²) in [6.45, 7) is 0.373. The minimum absolute atomic E-state index is 0.0916. The Morgan fingerprint density at radius 1 is 0.909 bits per heavy atom. The molecule has 1 fully saturated rings. The van der Waals surface area contributed by atoms with Gasteiger partial charge in [-0.15, -0.1) is 0 Å². The van der Waals surface area contributed by atoms with Gasteiger partial charge < -0.3 is 4.74 Å². The molecule has 166 valence electrons. The smallest absolute Gasteiger partial charge is 0.410 e. The highest BCUT2D eigenvalue weighted by Gasteiger charge is 2.41. The van der Waals surface area contributed by atoms with Crippen molar-refractivity contribution in [1.82, 2.24) is 4.90 Å². The number of carbonyl (C=O) groups is 1. The van der Waals surface area contributed by atoms with E-state index in [1.807, 2.05) is 11.0 Å². The fourth-order valence-electron chi connectivity index (χ4n) is 5.74. The van der Waals surface area contributed by atoms with Crippen molar-refractivity contribution in [3.8, 4) is 11.1 Å². The first-order valence-corrected chi connectivity index (χ1v) is 13.0. The largest absolute Gasteiger partial charge is 0.448 e. The molecule has 1 amide bonds. The number of hydrogen-bond donors (Lipinski definition) is 0. The third-order valence-corrected chi connectivity index (χ3v) is 8.09. The standard InChI is InChI=1S/C28H23Br2NO2/c29-19-11-17(12-20(30)15-19)18-13-21-9-10-22(14-18)31(21)28(32)33-16-27-25-7-3-1-5-23(25)24-6-2-4-8-26(24)27/h1-8,11-13,15,21-22,27H,9-10,14,16H2. The number of benzene rings is 3. The van der Waals surface area contributed by atoms with Crippen LogP contribution in [0, 0.1) is 0 Å². The van der Waals surface area contributed by atoms with Gasteiger partial charge in [-0.2, -0.15) is 0 Å². The summed E-state index contributed by atoms with van der Waals surface area (Å²) in [6.07, 6.45) is 4.95. The number of halogens is 2. The van der Waals surface area contributed by atoms with Crippen LogP contribution in [-0.4, -0.2) is 29.7 Å². The Labute approximate surface area is 210 Å². The molecular formula is C28H23Br2NO2. The average molecular weight is 565 g/mol. The Morgan fingerprint density at radius 3 is 2.18 bits per heavy atom. The quantitative estimate of drug-likeness (QED) is 0.325. The summed E-state index contributed by atoms with van der Waals surface area (Å²) in [5.41, 5.74) is 7.51. The van der Waals surface area contributed by atoms with Gasteiger partial charge in [-0.3, -0.25) is 4.90 Å². The summed E-state index contributed by atoms with van der Waals surface area (Å²) in [4.78, 5) is 15.2. The zero-order chi connectivity index (χ0) is 22.5. The van der Waals surface area contributed by atoms with Crippen molar-refractivity contribution in [3.63, 3.8) is 0 Å². The summed E-state index contributed by atoms with van der Waals surface area (Å²) in [7, 11) is 0. The second-order valence-corrected chi connectivity index (χ2v) is 10.9. The van der Waals surface area contributed by atoms with Gasteiger partial charge in [0.2, 0.25) is 0 Å². The predicted molar refractivity (Wildman–Crippen MR) is 138 cm³/mol. The maximum absolute atomic E-state index is 13.3. The molecule has 2 atom stereocenters. The Balaban J connectivity index is 1.21. The number of amides is 1. The Kier molecular flexibility index (Phi) is 5.42. The van der Waals surface area contributed by atoms with Crippen molar-refractivity contribution in [2.75, 3.05) is 6.61 Å². The van der Waals surface area contributed by atoms with Crippen LogP contribution in [0.15, 0.2) is 81.8 Å². The molecule has 33 heavy (non-hydrogen) atoms. The molecule has 3 aromatic carbocycles. The second-order valence-electron chi connectivity index (χ2n) is 9.06. The van der Waals surface area contributed by atoms with Crippen molar-refractivity contribution in [1.29, 1.82) is 0 Å². The van der Waals surface area contributed by atoms with Gasteiger partial charge >= 0.3 is 6.09 Å².